The molecule has 0 aliphatic rings. The lowest BCUT2D eigenvalue weighted by Crippen LogP contribution is -2.38. The van der Waals surface area contributed by atoms with Gasteiger partial charge in [-0.1, -0.05) is 6.92 Å². The minimum atomic E-state index is -4.58. The van der Waals surface area contributed by atoms with Crippen molar-refractivity contribution in [2.75, 3.05) is 18.8 Å². The normalized spacial score (nSPS) is 13.0. The Hall–Kier alpha value is -0.830. The third-order valence-corrected chi connectivity index (χ3v) is 3.64. The van der Waals surface area contributed by atoms with E-state index >= 15 is 0 Å². The molecule has 0 amide bonds. The Balaban J connectivity index is 4.66. The summed E-state index contributed by atoms with van der Waals surface area (Å²) < 4.78 is 59.2. The molecule has 0 fully saturated rings. The number of nitrogens with zero attached hydrogens (tertiary/aromatic N) is 1. The minimum Gasteiger partial charge on any atom is -0.480 e. The maximum absolute atomic E-state index is 11.9. The first-order valence-corrected chi connectivity index (χ1v) is 6.46. The zero-order valence-electron chi connectivity index (χ0n) is 9.20. The SMILES string of the molecule is CCCN(CC(=O)O)S(=O)(=O)CCC(F)(F)F. The van der Waals surface area contributed by atoms with Gasteiger partial charge in [0, 0.05) is 6.54 Å². The van der Waals surface area contributed by atoms with Gasteiger partial charge in [-0.2, -0.15) is 17.5 Å². The average Bonchev–Trinajstić information content (AvgIpc) is 2.13. The van der Waals surface area contributed by atoms with E-state index in [0.717, 1.165) is 0 Å². The number of rotatable bonds is 7. The summed E-state index contributed by atoms with van der Waals surface area (Å²) in [5.41, 5.74) is 0. The Morgan fingerprint density at radius 3 is 2.24 bits per heavy atom. The van der Waals surface area contributed by atoms with Gasteiger partial charge >= 0.3 is 12.1 Å². The van der Waals surface area contributed by atoms with Gasteiger partial charge in [0.2, 0.25) is 10.0 Å². The Bertz CT molecular complexity index is 352. The number of sulfonamides is 1. The van der Waals surface area contributed by atoms with Gasteiger partial charge in [0.25, 0.3) is 0 Å². The molecule has 0 aliphatic heterocycles. The highest BCUT2D eigenvalue weighted by Gasteiger charge is 2.32. The first-order valence-electron chi connectivity index (χ1n) is 4.85. The van der Waals surface area contributed by atoms with Crippen molar-refractivity contribution in [1.82, 2.24) is 4.31 Å². The highest BCUT2D eigenvalue weighted by Crippen LogP contribution is 2.21. The van der Waals surface area contributed by atoms with E-state index in [9.17, 15) is 26.4 Å². The van der Waals surface area contributed by atoms with E-state index < -0.39 is 40.9 Å². The first-order chi connectivity index (χ1) is 7.58. The molecule has 17 heavy (non-hydrogen) atoms. The zero-order valence-corrected chi connectivity index (χ0v) is 10.0. The smallest absolute Gasteiger partial charge is 0.390 e. The number of aliphatic carboxylic acids is 1. The molecule has 0 spiro atoms. The summed E-state index contributed by atoms with van der Waals surface area (Å²) >= 11 is 0. The molecular weight excluding hydrogens is 263 g/mol. The van der Waals surface area contributed by atoms with Crippen molar-refractivity contribution in [3.05, 3.63) is 0 Å². The minimum absolute atomic E-state index is 0.105. The summed E-state index contributed by atoms with van der Waals surface area (Å²) in [4.78, 5) is 10.4. The van der Waals surface area contributed by atoms with Crippen molar-refractivity contribution in [3.8, 4) is 0 Å². The number of hydrogen-bond acceptors (Lipinski definition) is 3. The number of hydrogen-bond donors (Lipinski definition) is 1. The summed E-state index contributed by atoms with van der Waals surface area (Å²) in [6, 6.07) is 0. The molecule has 0 heterocycles. The fourth-order valence-corrected chi connectivity index (χ4v) is 2.61. The van der Waals surface area contributed by atoms with Crippen molar-refractivity contribution in [2.24, 2.45) is 0 Å². The molecule has 0 rings (SSSR count). The van der Waals surface area contributed by atoms with Gasteiger partial charge in [-0.15, -0.1) is 0 Å². The van der Waals surface area contributed by atoms with E-state index in [1.54, 1.807) is 6.92 Å². The lowest BCUT2D eigenvalue weighted by molar-refractivity contribution is -0.137. The molecule has 0 aromatic heterocycles. The molecule has 0 bridgehead atoms. The van der Waals surface area contributed by atoms with Crippen molar-refractivity contribution < 1.29 is 31.5 Å². The van der Waals surface area contributed by atoms with Gasteiger partial charge in [-0.25, -0.2) is 8.42 Å². The van der Waals surface area contributed by atoms with Gasteiger partial charge in [-0.3, -0.25) is 4.79 Å². The Labute approximate surface area is 97.3 Å². The van der Waals surface area contributed by atoms with Crippen LogP contribution >= 0.6 is 0 Å². The molecule has 0 saturated carbocycles. The van der Waals surface area contributed by atoms with Crippen molar-refractivity contribution >= 4 is 16.0 Å². The van der Waals surface area contributed by atoms with Gasteiger partial charge in [0.15, 0.2) is 0 Å². The fraction of sp³-hybridized carbons (Fsp3) is 0.875. The highest BCUT2D eigenvalue weighted by molar-refractivity contribution is 7.89. The maximum Gasteiger partial charge on any atom is 0.390 e. The summed E-state index contributed by atoms with van der Waals surface area (Å²) in [6.07, 6.45) is -5.72. The van der Waals surface area contributed by atoms with Gasteiger partial charge < -0.3 is 5.11 Å². The molecule has 0 radical (unpaired) electrons. The van der Waals surface area contributed by atoms with E-state index in [-0.39, 0.29) is 6.54 Å². The van der Waals surface area contributed by atoms with Gasteiger partial charge in [-0.05, 0) is 6.42 Å². The third-order valence-electron chi connectivity index (χ3n) is 1.82. The molecule has 0 unspecified atom stereocenters. The number of alkyl halides is 3. The van der Waals surface area contributed by atoms with Crippen LogP contribution in [0.2, 0.25) is 0 Å². The molecule has 0 aliphatic carbocycles. The lowest BCUT2D eigenvalue weighted by atomic mass is 10.5. The number of carboxylic acids is 1. The van der Waals surface area contributed by atoms with Crippen LogP contribution < -0.4 is 0 Å². The van der Waals surface area contributed by atoms with E-state index in [1.807, 2.05) is 0 Å². The van der Waals surface area contributed by atoms with E-state index in [0.29, 0.717) is 10.7 Å². The Kier molecular flexibility index (Phi) is 5.89. The molecule has 0 aromatic rings. The molecule has 9 heteroatoms. The van der Waals surface area contributed by atoms with Crippen molar-refractivity contribution in [3.63, 3.8) is 0 Å². The Morgan fingerprint density at radius 1 is 1.35 bits per heavy atom. The van der Waals surface area contributed by atoms with E-state index in [4.69, 9.17) is 5.11 Å². The molecule has 102 valence electrons. The second-order valence-electron chi connectivity index (χ2n) is 3.41. The molecule has 0 atom stereocenters. The average molecular weight is 277 g/mol. The van der Waals surface area contributed by atoms with Crippen LogP contribution in [-0.2, 0) is 14.8 Å². The first kappa shape index (κ1) is 16.2. The third kappa shape index (κ3) is 7.16. The van der Waals surface area contributed by atoms with Crippen LogP contribution in [0.3, 0.4) is 0 Å². The molecule has 1 N–H and O–H groups in total. The largest absolute Gasteiger partial charge is 0.480 e. The van der Waals surface area contributed by atoms with Gasteiger partial charge in [0.1, 0.15) is 6.54 Å². The van der Waals surface area contributed by atoms with Crippen LogP contribution in [0.5, 0.6) is 0 Å². The lowest BCUT2D eigenvalue weighted by Gasteiger charge is -2.19. The van der Waals surface area contributed by atoms with Crippen LogP contribution in [0.25, 0.3) is 0 Å². The summed E-state index contributed by atoms with van der Waals surface area (Å²) in [6.45, 7) is 0.689. The molecule has 5 nitrogen and oxygen atoms in total. The van der Waals surface area contributed by atoms with Crippen LogP contribution in [0, 0.1) is 0 Å². The van der Waals surface area contributed by atoms with Crippen LogP contribution in [0.15, 0.2) is 0 Å². The standard InChI is InChI=1S/C8H14F3NO4S/c1-2-4-12(6-7(13)14)17(15,16)5-3-8(9,10)11/h2-6H2,1H3,(H,13,14). The second kappa shape index (κ2) is 6.20. The van der Waals surface area contributed by atoms with E-state index in [1.165, 1.54) is 0 Å². The number of carbonyl (C=O) groups is 1. The van der Waals surface area contributed by atoms with Crippen molar-refractivity contribution in [2.45, 2.75) is 25.9 Å². The highest BCUT2D eigenvalue weighted by atomic mass is 32.2. The van der Waals surface area contributed by atoms with Gasteiger partial charge in [0.05, 0.1) is 12.2 Å². The molecule has 0 saturated heterocycles. The predicted octanol–water partition coefficient (Wildman–Crippen LogP) is 1.07. The summed E-state index contributed by atoms with van der Waals surface area (Å²) in [5, 5.41) is 8.47. The monoisotopic (exact) mass is 277 g/mol. The summed E-state index contributed by atoms with van der Waals surface area (Å²) in [5.74, 6) is -2.52. The maximum atomic E-state index is 11.9. The predicted molar refractivity (Wildman–Crippen MR) is 54.0 cm³/mol. The molecule has 0 aromatic carbocycles. The number of halogens is 3. The van der Waals surface area contributed by atoms with Crippen LogP contribution in [-0.4, -0.2) is 48.8 Å². The number of carboxylic acid groups (broad SMARTS) is 1. The molecular formula is C8H14F3NO4S. The van der Waals surface area contributed by atoms with Crippen LogP contribution in [0.1, 0.15) is 19.8 Å². The summed E-state index contributed by atoms with van der Waals surface area (Å²) in [7, 11) is -4.18. The fourth-order valence-electron chi connectivity index (χ4n) is 1.09. The van der Waals surface area contributed by atoms with E-state index in [2.05, 4.69) is 0 Å². The van der Waals surface area contributed by atoms with Crippen LogP contribution in [0.4, 0.5) is 13.2 Å². The quantitative estimate of drug-likeness (QED) is 0.755. The second-order valence-corrected chi connectivity index (χ2v) is 5.50. The topological polar surface area (TPSA) is 74.7 Å². The Morgan fingerprint density at radius 2 is 1.88 bits per heavy atom. The van der Waals surface area contributed by atoms with Crippen molar-refractivity contribution in [1.29, 1.82) is 0 Å². The zero-order chi connectivity index (χ0) is 13.7.